The Bertz CT molecular complexity index is 186. The summed E-state index contributed by atoms with van der Waals surface area (Å²) in [5, 5.41) is 28.2. The van der Waals surface area contributed by atoms with Crippen LogP contribution in [0.5, 0.6) is 0 Å². The maximum atomic E-state index is 9.70. The monoisotopic (exact) mass is 205 g/mol. The number of aliphatic hydroxyl groups is 3. The maximum absolute atomic E-state index is 9.70. The van der Waals surface area contributed by atoms with Gasteiger partial charge in [-0.3, -0.25) is 0 Å². The second kappa shape index (κ2) is 4.55. The van der Waals surface area contributed by atoms with Gasteiger partial charge in [-0.15, -0.1) is 0 Å². The number of hydrogen-bond acceptors (Lipinski definition) is 5. The fourth-order valence-electron chi connectivity index (χ4n) is 1.73. The summed E-state index contributed by atoms with van der Waals surface area (Å²) >= 11 is 0. The lowest BCUT2D eigenvalue weighted by Crippen LogP contribution is -2.63. The second-order valence-electron chi connectivity index (χ2n) is 4.12. The first-order chi connectivity index (χ1) is 6.49. The highest BCUT2D eigenvalue weighted by Crippen LogP contribution is 2.24. The predicted octanol–water partition coefficient (Wildman–Crippen LogP) is -1.55. The molecule has 1 heterocycles. The van der Waals surface area contributed by atoms with Crippen molar-refractivity contribution in [2.75, 3.05) is 6.61 Å². The fourth-order valence-corrected chi connectivity index (χ4v) is 1.73. The van der Waals surface area contributed by atoms with E-state index < -0.39 is 30.5 Å². The molecule has 0 aromatic carbocycles. The van der Waals surface area contributed by atoms with E-state index in [0.29, 0.717) is 0 Å². The number of rotatable bonds is 2. The molecule has 1 rings (SSSR count). The van der Waals surface area contributed by atoms with Gasteiger partial charge in [-0.1, -0.05) is 13.8 Å². The Morgan fingerprint density at radius 3 is 2.29 bits per heavy atom. The molecule has 14 heavy (non-hydrogen) atoms. The van der Waals surface area contributed by atoms with Crippen LogP contribution in [0.4, 0.5) is 0 Å². The van der Waals surface area contributed by atoms with Gasteiger partial charge in [0.05, 0.1) is 24.9 Å². The Kier molecular flexibility index (Phi) is 3.86. The molecule has 0 saturated carbocycles. The van der Waals surface area contributed by atoms with Crippen molar-refractivity contribution >= 4 is 0 Å². The quantitative estimate of drug-likeness (QED) is 0.438. The average Bonchev–Trinajstić information content (AvgIpc) is 2.14. The molecular weight excluding hydrogens is 186 g/mol. The van der Waals surface area contributed by atoms with E-state index in [1.165, 1.54) is 0 Å². The molecule has 0 aromatic rings. The maximum Gasteiger partial charge on any atom is 0.108 e. The van der Waals surface area contributed by atoms with Crippen LogP contribution in [0.3, 0.4) is 0 Å². The summed E-state index contributed by atoms with van der Waals surface area (Å²) in [7, 11) is 0. The van der Waals surface area contributed by atoms with E-state index in [1.807, 2.05) is 13.8 Å². The van der Waals surface area contributed by atoms with Crippen LogP contribution in [0.2, 0.25) is 0 Å². The molecule has 5 N–H and O–H groups in total. The van der Waals surface area contributed by atoms with Gasteiger partial charge < -0.3 is 25.8 Å². The molecule has 2 unspecified atom stereocenters. The van der Waals surface area contributed by atoms with E-state index >= 15 is 0 Å². The van der Waals surface area contributed by atoms with E-state index in [1.54, 1.807) is 0 Å². The van der Waals surface area contributed by atoms with Gasteiger partial charge in [0, 0.05) is 0 Å². The molecule has 0 amide bonds. The first-order valence-corrected chi connectivity index (χ1v) is 4.87. The largest absolute Gasteiger partial charge is 0.394 e. The molecule has 1 fully saturated rings. The number of hydrogen-bond donors (Lipinski definition) is 4. The Balaban J connectivity index is 2.73. The van der Waals surface area contributed by atoms with Gasteiger partial charge >= 0.3 is 0 Å². The lowest BCUT2D eigenvalue weighted by atomic mass is 9.88. The smallest absolute Gasteiger partial charge is 0.108 e. The van der Waals surface area contributed by atoms with E-state index in [-0.39, 0.29) is 12.5 Å². The fraction of sp³-hybridized carbons (Fsp3) is 1.00. The van der Waals surface area contributed by atoms with Crippen LogP contribution >= 0.6 is 0 Å². The number of aliphatic hydroxyl groups excluding tert-OH is 3. The lowest BCUT2D eigenvalue weighted by Gasteiger charge is -2.42. The SMILES string of the molecule is CC(C)[C@@H]1OC(CO)[C@H](O)C(N)[C@H]1O. The number of nitrogens with two attached hydrogens (primary N) is 1. The zero-order valence-corrected chi connectivity index (χ0v) is 8.50. The van der Waals surface area contributed by atoms with Gasteiger partial charge in [-0.2, -0.15) is 0 Å². The van der Waals surface area contributed by atoms with Crippen LogP contribution in [-0.2, 0) is 4.74 Å². The van der Waals surface area contributed by atoms with Crippen LogP contribution in [0.25, 0.3) is 0 Å². The summed E-state index contributed by atoms with van der Waals surface area (Å²) in [6.45, 7) is 3.50. The zero-order chi connectivity index (χ0) is 10.9. The van der Waals surface area contributed by atoms with E-state index in [0.717, 1.165) is 0 Å². The second-order valence-corrected chi connectivity index (χ2v) is 4.12. The third-order valence-corrected chi connectivity index (χ3v) is 2.68. The van der Waals surface area contributed by atoms with Crippen LogP contribution < -0.4 is 5.73 Å². The molecule has 5 heteroatoms. The molecule has 0 radical (unpaired) electrons. The normalized spacial score (nSPS) is 44.4. The van der Waals surface area contributed by atoms with Crippen molar-refractivity contribution in [2.45, 2.75) is 44.3 Å². The molecule has 0 aliphatic carbocycles. The zero-order valence-electron chi connectivity index (χ0n) is 8.50. The molecule has 0 bridgehead atoms. The van der Waals surface area contributed by atoms with Crippen molar-refractivity contribution in [3.63, 3.8) is 0 Å². The Morgan fingerprint density at radius 2 is 1.86 bits per heavy atom. The minimum atomic E-state index is -1.01. The Labute approximate surface area is 83.5 Å². The highest BCUT2D eigenvalue weighted by atomic mass is 16.5. The Hall–Kier alpha value is -0.200. The van der Waals surface area contributed by atoms with Gasteiger partial charge in [0.25, 0.3) is 0 Å². The molecule has 1 saturated heterocycles. The minimum Gasteiger partial charge on any atom is -0.394 e. The van der Waals surface area contributed by atoms with Gasteiger partial charge in [0.15, 0.2) is 0 Å². The summed E-state index contributed by atoms with van der Waals surface area (Å²) in [5.74, 6) is 0.0950. The van der Waals surface area contributed by atoms with Crippen molar-refractivity contribution in [2.24, 2.45) is 11.7 Å². The van der Waals surface area contributed by atoms with Crippen LogP contribution in [-0.4, -0.2) is 52.4 Å². The molecule has 0 aromatic heterocycles. The van der Waals surface area contributed by atoms with Gasteiger partial charge in [-0.05, 0) is 5.92 Å². The predicted molar refractivity (Wildman–Crippen MR) is 50.6 cm³/mol. The summed E-state index contributed by atoms with van der Waals surface area (Å²) in [6.07, 6.45) is -3.01. The molecule has 84 valence electrons. The summed E-state index contributed by atoms with van der Waals surface area (Å²) < 4.78 is 5.36. The van der Waals surface area contributed by atoms with Crippen molar-refractivity contribution in [3.8, 4) is 0 Å². The van der Waals surface area contributed by atoms with Crippen molar-refractivity contribution in [3.05, 3.63) is 0 Å². The van der Waals surface area contributed by atoms with Gasteiger partial charge in [0.1, 0.15) is 12.2 Å². The standard InChI is InChI=1S/C9H19NO4/c1-4(2)9-8(13)6(10)7(12)5(3-11)14-9/h4-9,11-13H,3,10H2,1-2H3/t5?,6?,7-,8+,9-/m0/s1. The molecule has 5 nitrogen and oxygen atoms in total. The van der Waals surface area contributed by atoms with E-state index in [2.05, 4.69) is 0 Å². The summed E-state index contributed by atoms with van der Waals surface area (Å²) in [5.41, 5.74) is 5.62. The first-order valence-electron chi connectivity index (χ1n) is 4.87. The molecule has 5 atom stereocenters. The minimum absolute atomic E-state index is 0.0950. The first kappa shape index (κ1) is 11.9. The third kappa shape index (κ3) is 2.07. The van der Waals surface area contributed by atoms with Crippen molar-refractivity contribution in [1.82, 2.24) is 0 Å². The van der Waals surface area contributed by atoms with Crippen LogP contribution in [0.15, 0.2) is 0 Å². The topological polar surface area (TPSA) is 95.9 Å². The molecule has 1 aliphatic heterocycles. The Morgan fingerprint density at radius 1 is 1.29 bits per heavy atom. The van der Waals surface area contributed by atoms with Crippen molar-refractivity contribution < 1.29 is 20.1 Å². The van der Waals surface area contributed by atoms with E-state index in [9.17, 15) is 10.2 Å². The highest BCUT2D eigenvalue weighted by Gasteiger charge is 2.43. The van der Waals surface area contributed by atoms with Gasteiger partial charge in [-0.25, -0.2) is 0 Å². The summed E-state index contributed by atoms with van der Waals surface area (Å²) in [4.78, 5) is 0. The van der Waals surface area contributed by atoms with E-state index in [4.69, 9.17) is 15.6 Å². The molecule has 0 spiro atoms. The van der Waals surface area contributed by atoms with Gasteiger partial charge in [0.2, 0.25) is 0 Å². The summed E-state index contributed by atoms with van der Waals surface area (Å²) in [6, 6.07) is -0.756. The van der Waals surface area contributed by atoms with Crippen LogP contribution in [0, 0.1) is 5.92 Å². The lowest BCUT2D eigenvalue weighted by molar-refractivity contribution is -0.200. The van der Waals surface area contributed by atoms with Crippen LogP contribution in [0.1, 0.15) is 13.8 Å². The molecule has 1 aliphatic rings. The highest BCUT2D eigenvalue weighted by molar-refractivity contribution is 4.95. The number of ether oxygens (including phenoxy) is 1. The molecular formula is C9H19NO4. The third-order valence-electron chi connectivity index (χ3n) is 2.68. The average molecular weight is 205 g/mol. The van der Waals surface area contributed by atoms with Crippen molar-refractivity contribution in [1.29, 1.82) is 0 Å².